The number of hydrogen-bond acceptors (Lipinski definition) is 3. The average molecular weight is 267 g/mol. The van der Waals surface area contributed by atoms with E-state index >= 15 is 0 Å². The minimum atomic E-state index is -0.146. The smallest absolute Gasteiger partial charge is 0.140 e. The Kier molecular flexibility index (Phi) is 5.76. The first-order chi connectivity index (χ1) is 8.97. The van der Waals surface area contributed by atoms with Gasteiger partial charge in [-0.2, -0.15) is 0 Å². The van der Waals surface area contributed by atoms with Crippen LogP contribution in [0.25, 0.3) is 0 Å². The van der Waals surface area contributed by atoms with E-state index in [9.17, 15) is 4.39 Å². The van der Waals surface area contributed by atoms with Crippen molar-refractivity contribution in [1.29, 1.82) is 0 Å². The molecule has 0 saturated carbocycles. The summed E-state index contributed by atoms with van der Waals surface area (Å²) in [6.07, 6.45) is 1.36. The van der Waals surface area contributed by atoms with Crippen molar-refractivity contribution in [2.75, 3.05) is 0 Å². The van der Waals surface area contributed by atoms with Gasteiger partial charge in [-0.15, -0.1) is 0 Å². The van der Waals surface area contributed by atoms with Crippen LogP contribution in [0.1, 0.15) is 36.5 Å². The van der Waals surface area contributed by atoms with E-state index in [2.05, 4.69) is 10.5 Å². The number of benzene rings is 1. The molecule has 1 rings (SSSR count). The summed E-state index contributed by atoms with van der Waals surface area (Å²) >= 11 is 0. The third-order valence-corrected chi connectivity index (χ3v) is 3.17. The lowest BCUT2D eigenvalue weighted by Crippen LogP contribution is -2.32. The van der Waals surface area contributed by atoms with E-state index < -0.39 is 0 Å². The highest BCUT2D eigenvalue weighted by Gasteiger charge is 2.09. The van der Waals surface area contributed by atoms with Crippen molar-refractivity contribution in [3.8, 4) is 0 Å². The van der Waals surface area contributed by atoms with Gasteiger partial charge in [-0.05, 0) is 37.0 Å². The van der Waals surface area contributed by atoms with E-state index in [1.165, 1.54) is 0 Å². The molecule has 1 aromatic rings. The van der Waals surface area contributed by atoms with E-state index in [1.807, 2.05) is 19.1 Å². The zero-order chi connectivity index (χ0) is 14.4. The molecule has 1 unspecified atom stereocenters. The highest BCUT2D eigenvalue weighted by molar-refractivity contribution is 5.80. The van der Waals surface area contributed by atoms with Crippen LogP contribution in [0, 0.1) is 19.7 Å². The molecule has 106 valence electrons. The summed E-state index contributed by atoms with van der Waals surface area (Å²) in [7, 11) is 0. The van der Waals surface area contributed by atoms with Crippen molar-refractivity contribution in [3.63, 3.8) is 0 Å². The molecular weight excluding hydrogens is 245 g/mol. The van der Waals surface area contributed by atoms with Crippen LogP contribution in [0.2, 0.25) is 0 Å². The fraction of sp³-hybridized carbons (Fsp3) is 0.500. The summed E-state index contributed by atoms with van der Waals surface area (Å²) in [6.45, 7) is 6.20. The van der Waals surface area contributed by atoms with Crippen LogP contribution in [0.3, 0.4) is 0 Å². The van der Waals surface area contributed by atoms with Crippen LogP contribution in [0.15, 0.2) is 17.3 Å². The number of hydrogen-bond donors (Lipinski definition) is 3. The van der Waals surface area contributed by atoms with Crippen molar-refractivity contribution in [2.24, 2.45) is 10.9 Å². The monoisotopic (exact) mass is 267 g/mol. The predicted molar refractivity (Wildman–Crippen MR) is 74.8 cm³/mol. The second-order valence-corrected chi connectivity index (χ2v) is 4.83. The molecule has 4 nitrogen and oxygen atoms in total. The third-order valence-electron chi connectivity index (χ3n) is 3.17. The Balaban J connectivity index is 2.65. The number of nitrogens with zero attached hydrogens (tertiary/aromatic N) is 1. The fourth-order valence-corrected chi connectivity index (χ4v) is 2.05. The lowest BCUT2D eigenvalue weighted by molar-refractivity contribution is 0.315. The molecule has 0 bridgehead atoms. The number of oxime groups is 1. The van der Waals surface area contributed by atoms with Gasteiger partial charge >= 0.3 is 0 Å². The first-order valence-electron chi connectivity index (χ1n) is 6.43. The van der Waals surface area contributed by atoms with Gasteiger partial charge in [0, 0.05) is 19.0 Å². The van der Waals surface area contributed by atoms with E-state index in [1.54, 1.807) is 13.8 Å². The van der Waals surface area contributed by atoms with Crippen LogP contribution in [0.4, 0.5) is 4.39 Å². The van der Waals surface area contributed by atoms with E-state index in [-0.39, 0.29) is 17.7 Å². The Hall–Kier alpha value is -1.62. The predicted octanol–water partition coefficient (Wildman–Crippen LogP) is 2.45. The van der Waals surface area contributed by atoms with Gasteiger partial charge in [0.05, 0.1) is 0 Å². The van der Waals surface area contributed by atoms with Crippen molar-refractivity contribution in [3.05, 3.63) is 34.6 Å². The summed E-state index contributed by atoms with van der Waals surface area (Å²) in [5.41, 5.74) is 7.84. The van der Waals surface area contributed by atoms with Crippen LogP contribution in [0.5, 0.6) is 0 Å². The molecule has 1 atom stereocenters. The molecule has 0 heterocycles. The molecule has 0 radical (unpaired) electrons. The lowest BCUT2D eigenvalue weighted by atomic mass is 10.1. The summed E-state index contributed by atoms with van der Waals surface area (Å²) in [5, 5.41) is 14.9. The van der Waals surface area contributed by atoms with Gasteiger partial charge in [0.1, 0.15) is 11.7 Å². The van der Waals surface area contributed by atoms with Gasteiger partial charge in [0.15, 0.2) is 0 Å². The quantitative estimate of drug-likeness (QED) is 0.321. The SMILES string of the molecule is CCC(CC(N)=NO)NCc1cc(C)c(F)c(C)c1. The molecule has 0 saturated heterocycles. The van der Waals surface area contributed by atoms with Gasteiger partial charge in [-0.3, -0.25) is 0 Å². The second kappa shape index (κ2) is 7.09. The maximum absolute atomic E-state index is 13.5. The number of aryl methyl sites for hydroxylation is 2. The normalized spacial score (nSPS) is 13.6. The molecule has 19 heavy (non-hydrogen) atoms. The molecule has 1 aromatic carbocycles. The minimum absolute atomic E-state index is 0.140. The molecule has 0 spiro atoms. The first-order valence-corrected chi connectivity index (χ1v) is 6.43. The van der Waals surface area contributed by atoms with Gasteiger partial charge in [0.2, 0.25) is 0 Å². The Bertz CT molecular complexity index is 437. The minimum Gasteiger partial charge on any atom is -0.409 e. The molecule has 0 aliphatic carbocycles. The molecule has 4 N–H and O–H groups in total. The van der Waals surface area contributed by atoms with E-state index in [0.717, 1.165) is 12.0 Å². The Morgan fingerprint density at radius 1 is 1.42 bits per heavy atom. The molecule has 5 heteroatoms. The zero-order valence-electron chi connectivity index (χ0n) is 11.7. The topological polar surface area (TPSA) is 70.6 Å². The Morgan fingerprint density at radius 3 is 2.47 bits per heavy atom. The van der Waals surface area contributed by atoms with Crippen LogP contribution < -0.4 is 11.1 Å². The summed E-state index contributed by atoms with van der Waals surface area (Å²) < 4.78 is 13.5. The summed E-state index contributed by atoms with van der Waals surface area (Å²) in [4.78, 5) is 0. The van der Waals surface area contributed by atoms with Gasteiger partial charge in [0.25, 0.3) is 0 Å². The third kappa shape index (κ3) is 4.52. The highest BCUT2D eigenvalue weighted by Crippen LogP contribution is 2.15. The maximum atomic E-state index is 13.5. The van der Waals surface area contributed by atoms with Gasteiger partial charge in [-0.25, -0.2) is 4.39 Å². The van der Waals surface area contributed by atoms with E-state index in [4.69, 9.17) is 10.9 Å². The molecule has 0 aliphatic heterocycles. The van der Waals surface area contributed by atoms with Crippen LogP contribution in [-0.2, 0) is 6.54 Å². The molecule has 0 fully saturated rings. The van der Waals surface area contributed by atoms with Crippen molar-refractivity contribution >= 4 is 5.84 Å². The number of nitrogens with one attached hydrogen (secondary N) is 1. The highest BCUT2D eigenvalue weighted by atomic mass is 19.1. The summed E-state index contributed by atoms with van der Waals surface area (Å²) in [5.74, 6) is 0.0678. The average Bonchev–Trinajstić information content (AvgIpc) is 2.40. The standard InChI is InChI=1S/C14H22FN3O/c1-4-12(7-13(16)18-19)17-8-11-5-9(2)14(15)10(3)6-11/h5-6,12,17,19H,4,7-8H2,1-3H3,(H2,16,18). The van der Waals surface area contributed by atoms with Gasteiger partial charge < -0.3 is 16.3 Å². The van der Waals surface area contributed by atoms with E-state index in [0.29, 0.717) is 24.1 Å². The maximum Gasteiger partial charge on any atom is 0.140 e. The number of amidine groups is 1. The number of nitrogens with two attached hydrogens (primary N) is 1. The molecule has 0 aromatic heterocycles. The Morgan fingerprint density at radius 2 is 2.00 bits per heavy atom. The molecule has 0 amide bonds. The zero-order valence-corrected chi connectivity index (χ0v) is 11.7. The largest absolute Gasteiger partial charge is 0.409 e. The Labute approximate surface area is 113 Å². The fourth-order valence-electron chi connectivity index (χ4n) is 2.05. The summed E-state index contributed by atoms with van der Waals surface area (Å²) in [6, 6.07) is 3.82. The van der Waals surface area contributed by atoms with Crippen LogP contribution in [-0.4, -0.2) is 17.1 Å². The first kappa shape index (κ1) is 15.4. The van der Waals surface area contributed by atoms with Crippen LogP contribution >= 0.6 is 0 Å². The second-order valence-electron chi connectivity index (χ2n) is 4.83. The molecular formula is C14H22FN3O. The van der Waals surface area contributed by atoms with Crippen molar-refractivity contribution < 1.29 is 9.60 Å². The van der Waals surface area contributed by atoms with Crippen molar-refractivity contribution in [2.45, 2.75) is 46.2 Å². The molecule has 0 aliphatic rings. The lowest BCUT2D eigenvalue weighted by Gasteiger charge is -2.17. The van der Waals surface area contributed by atoms with Gasteiger partial charge in [-0.1, -0.05) is 24.2 Å². The number of halogens is 1. The van der Waals surface area contributed by atoms with Crippen molar-refractivity contribution in [1.82, 2.24) is 5.32 Å². The number of rotatable bonds is 6.